The quantitative estimate of drug-likeness (QED) is 0.479. The Morgan fingerprint density at radius 2 is 1.44 bits per heavy atom. The van der Waals surface area contributed by atoms with Gasteiger partial charge in [0.1, 0.15) is 0 Å². The Bertz CT molecular complexity index is 67.4. The van der Waals surface area contributed by atoms with Gasteiger partial charge in [0, 0.05) is 13.2 Å². The first-order chi connectivity index (χ1) is 4.12. The summed E-state index contributed by atoms with van der Waals surface area (Å²) < 4.78 is 8.10. The average molecular weight is 173 g/mol. The summed E-state index contributed by atoms with van der Waals surface area (Å²) in [5.74, 6) is 0. The molecule has 56 valence electrons. The van der Waals surface area contributed by atoms with Crippen molar-refractivity contribution in [1.29, 1.82) is 0 Å². The lowest BCUT2D eigenvalue weighted by atomic mass is 10.8. The summed E-state index contributed by atoms with van der Waals surface area (Å²) in [4.78, 5) is 0. The van der Waals surface area contributed by atoms with Crippen LogP contribution in [-0.4, -0.2) is 17.9 Å². The van der Waals surface area contributed by atoms with Crippen molar-refractivity contribution in [2.75, 3.05) is 13.2 Å². The first kappa shape index (κ1) is 9.50. The molecule has 0 N–H and O–H groups in total. The van der Waals surface area contributed by atoms with Crippen molar-refractivity contribution in [3.05, 3.63) is 0 Å². The van der Waals surface area contributed by atoms with Crippen molar-refractivity contribution in [3.8, 4) is 0 Å². The molecule has 0 saturated heterocycles. The van der Waals surface area contributed by atoms with Crippen LogP contribution in [0, 0.1) is 0 Å². The third-order valence-electron chi connectivity index (χ3n) is 0.625. The Balaban J connectivity index is 3.43. The van der Waals surface area contributed by atoms with Gasteiger partial charge < -0.3 is 9.47 Å². The van der Waals surface area contributed by atoms with Crippen LogP contribution >= 0.6 is 23.2 Å². The van der Waals surface area contributed by atoms with Crippen LogP contribution < -0.4 is 0 Å². The van der Waals surface area contributed by atoms with E-state index >= 15 is 0 Å². The Morgan fingerprint density at radius 1 is 1.11 bits per heavy atom. The predicted octanol–water partition coefficient (Wildman–Crippen LogP) is 2.15. The largest absolute Gasteiger partial charge is 0.331 e. The van der Waals surface area contributed by atoms with Gasteiger partial charge in [-0.3, -0.25) is 0 Å². The van der Waals surface area contributed by atoms with Crippen LogP contribution in [0.4, 0.5) is 0 Å². The number of alkyl halides is 2. The highest BCUT2D eigenvalue weighted by atomic mass is 35.5. The molecule has 0 heterocycles. The molecule has 0 aliphatic rings. The van der Waals surface area contributed by atoms with Crippen molar-refractivity contribution < 1.29 is 9.47 Å². The van der Waals surface area contributed by atoms with Crippen LogP contribution in [0.3, 0.4) is 0 Å². The molecule has 0 aliphatic heterocycles. The molecule has 4 heteroatoms. The van der Waals surface area contributed by atoms with Crippen LogP contribution in [0.2, 0.25) is 0 Å². The Morgan fingerprint density at radius 3 is 1.67 bits per heavy atom. The fourth-order valence-electron chi connectivity index (χ4n) is 0.378. The maximum atomic E-state index is 5.46. The smallest absolute Gasteiger partial charge is 0.325 e. The van der Waals surface area contributed by atoms with E-state index in [0.29, 0.717) is 13.2 Å². The van der Waals surface area contributed by atoms with E-state index in [0.717, 1.165) is 0 Å². The van der Waals surface area contributed by atoms with Crippen LogP contribution in [-0.2, 0) is 9.47 Å². The Hall–Kier alpha value is 0.500. The molecule has 0 spiro atoms. The zero-order valence-electron chi connectivity index (χ0n) is 5.49. The average Bonchev–Trinajstić information content (AvgIpc) is 1.64. The summed E-state index contributed by atoms with van der Waals surface area (Å²) in [7, 11) is 0. The maximum Gasteiger partial charge on any atom is 0.331 e. The van der Waals surface area contributed by atoms with Crippen molar-refractivity contribution in [1.82, 2.24) is 0 Å². The second-order valence-corrected chi connectivity index (χ2v) is 2.52. The summed E-state index contributed by atoms with van der Waals surface area (Å²) in [5.41, 5.74) is 0. The number of halogens is 2. The van der Waals surface area contributed by atoms with Crippen LogP contribution in [0.15, 0.2) is 0 Å². The molecule has 0 rings (SSSR count). The van der Waals surface area contributed by atoms with Crippen molar-refractivity contribution in [2.45, 2.75) is 18.6 Å². The van der Waals surface area contributed by atoms with Crippen molar-refractivity contribution >= 4 is 23.2 Å². The van der Waals surface area contributed by atoms with Crippen molar-refractivity contribution in [3.63, 3.8) is 0 Å². The minimum atomic E-state index is -1.45. The molecule has 0 amide bonds. The number of hydrogen-bond donors (Lipinski definition) is 0. The third-order valence-corrected chi connectivity index (χ3v) is 1.06. The monoisotopic (exact) mass is 172 g/mol. The van der Waals surface area contributed by atoms with Crippen LogP contribution in [0.5, 0.6) is 0 Å². The molecule has 0 aromatic carbocycles. The number of ether oxygens (including phenoxy) is 2. The van der Waals surface area contributed by atoms with E-state index in [2.05, 4.69) is 0 Å². The number of hydrogen-bond acceptors (Lipinski definition) is 2. The molecule has 0 saturated carbocycles. The lowest BCUT2D eigenvalue weighted by Crippen LogP contribution is -2.21. The fraction of sp³-hybridized carbons (Fsp3) is 1.00. The SMILES string of the molecule is CCOC(Cl)(Cl)OCC. The van der Waals surface area contributed by atoms with Gasteiger partial charge in [-0.25, -0.2) is 0 Å². The van der Waals surface area contributed by atoms with Crippen LogP contribution in [0.25, 0.3) is 0 Å². The molecule has 2 nitrogen and oxygen atoms in total. The highest BCUT2D eigenvalue weighted by Gasteiger charge is 2.23. The molecule has 0 fully saturated rings. The standard InChI is InChI=1S/C5H10Cl2O2/c1-3-8-5(6,7)9-4-2/h3-4H2,1-2H3. The van der Waals surface area contributed by atoms with Gasteiger partial charge in [-0.1, -0.05) is 0 Å². The van der Waals surface area contributed by atoms with Gasteiger partial charge >= 0.3 is 4.71 Å². The van der Waals surface area contributed by atoms with Gasteiger partial charge in [0.15, 0.2) is 0 Å². The molecule has 0 bridgehead atoms. The lowest BCUT2D eigenvalue weighted by molar-refractivity contribution is -0.113. The summed E-state index contributed by atoms with van der Waals surface area (Å²) in [5, 5.41) is 0. The Kier molecular flexibility index (Phi) is 4.58. The van der Waals surface area contributed by atoms with Gasteiger partial charge in [0.25, 0.3) is 0 Å². The van der Waals surface area contributed by atoms with E-state index in [9.17, 15) is 0 Å². The molecular formula is C5H10Cl2O2. The summed E-state index contributed by atoms with van der Waals surface area (Å²) in [6, 6.07) is 0. The molecule has 0 atom stereocenters. The van der Waals surface area contributed by atoms with Gasteiger partial charge in [0.2, 0.25) is 0 Å². The Labute approximate surface area is 65.0 Å². The van der Waals surface area contributed by atoms with Gasteiger partial charge in [-0.05, 0) is 37.0 Å². The van der Waals surface area contributed by atoms with Gasteiger partial charge in [-0.2, -0.15) is 0 Å². The zero-order chi connectivity index (χ0) is 7.33. The molecule has 0 radical (unpaired) electrons. The van der Waals surface area contributed by atoms with E-state index in [4.69, 9.17) is 32.7 Å². The zero-order valence-corrected chi connectivity index (χ0v) is 7.00. The predicted molar refractivity (Wildman–Crippen MR) is 37.7 cm³/mol. The van der Waals surface area contributed by atoms with E-state index in [-0.39, 0.29) is 0 Å². The summed E-state index contributed by atoms with van der Waals surface area (Å²) in [6.45, 7) is 4.46. The van der Waals surface area contributed by atoms with E-state index < -0.39 is 4.71 Å². The minimum Gasteiger partial charge on any atom is -0.325 e. The topological polar surface area (TPSA) is 18.5 Å². The first-order valence-electron chi connectivity index (χ1n) is 2.78. The highest BCUT2D eigenvalue weighted by molar-refractivity contribution is 6.46. The van der Waals surface area contributed by atoms with E-state index in [1.165, 1.54) is 0 Å². The van der Waals surface area contributed by atoms with Gasteiger partial charge in [-0.15, -0.1) is 0 Å². The second-order valence-electron chi connectivity index (χ2n) is 1.33. The lowest BCUT2D eigenvalue weighted by Gasteiger charge is -2.17. The van der Waals surface area contributed by atoms with Crippen molar-refractivity contribution in [2.24, 2.45) is 0 Å². The number of rotatable bonds is 4. The van der Waals surface area contributed by atoms with E-state index in [1.807, 2.05) is 0 Å². The molecule has 0 aromatic rings. The first-order valence-corrected chi connectivity index (χ1v) is 3.53. The van der Waals surface area contributed by atoms with Crippen LogP contribution in [0.1, 0.15) is 13.8 Å². The maximum absolute atomic E-state index is 5.46. The van der Waals surface area contributed by atoms with E-state index in [1.54, 1.807) is 13.8 Å². The van der Waals surface area contributed by atoms with Gasteiger partial charge in [0.05, 0.1) is 0 Å². The minimum absolute atomic E-state index is 0.438. The molecule has 0 aliphatic carbocycles. The molecule has 9 heavy (non-hydrogen) atoms. The normalized spacial score (nSPS) is 12.0. The summed E-state index contributed by atoms with van der Waals surface area (Å²) in [6.07, 6.45) is 0. The second kappa shape index (κ2) is 4.34. The third kappa shape index (κ3) is 4.97. The highest BCUT2D eigenvalue weighted by Crippen LogP contribution is 2.23. The molecule has 0 unspecified atom stereocenters. The molecule has 0 aromatic heterocycles. The molecular weight excluding hydrogens is 163 g/mol. The summed E-state index contributed by atoms with van der Waals surface area (Å²) >= 11 is 10.9. The fourth-order valence-corrected chi connectivity index (χ4v) is 0.814.